The number of thioether (sulfide) groups is 1. The highest BCUT2D eigenvalue weighted by Gasteiger charge is 2.11. The molecule has 2 rings (SSSR count). The summed E-state index contributed by atoms with van der Waals surface area (Å²) in [6.07, 6.45) is 5.16. The monoisotopic (exact) mass is 196 g/mol. The van der Waals surface area contributed by atoms with Gasteiger partial charge in [-0.3, -0.25) is 4.40 Å². The van der Waals surface area contributed by atoms with Crippen LogP contribution in [0.2, 0.25) is 0 Å². The van der Waals surface area contributed by atoms with Gasteiger partial charge in [-0.2, -0.15) is 4.98 Å². The lowest BCUT2D eigenvalue weighted by Gasteiger charge is -1.97. The number of hydrogen-bond donors (Lipinski definition) is 2. The summed E-state index contributed by atoms with van der Waals surface area (Å²) in [6, 6.07) is 0. The first-order valence-electron chi connectivity index (χ1n) is 3.59. The van der Waals surface area contributed by atoms with Gasteiger partial charge in [0.25, 0.3) is 0 Å². The van der Waals surface area contributed by atoms with Crippen LogP contribution in [0.3, 0.4) is 0 Å². The van der Waals surface area contributed by atoms with E-state index in [4.69, 9.17) is 5.73 Å². The van der Waals surface area contributed by atoms with Crippen LogP contribution in [0.15, 0.2) is 17.6 Å². The minimum Gasteiger partial charge on any atom is -0.492 e. The van der Waals surface area contributed by atoms with Gasteiger partial charge in [0.15, 0.2) is 16.5 Å². The molecule has 0 radical (unpaired) electrons. The molecular weight excluding hydrogens is 188 g/mol. The lowest BCUT2D eigenvalue weighted by Crippen LogP contribution is -1.95. The molecule has 0 unspecified atom stereocenters. The van der Waals surface area contributed by atoms with Crippen molar-refractivity contribution >= 4 is 23.1 Å². The molecule has 2 heterocycles. The predicted octanol–water partition coefficient (Wildman–Crippen LogP) is 0.739. The van der Waals surface area contributed by atoms with E-state index >= 15 is 0 Å². The fourth-order valence-electron chi connectivity index (χ4n) is 1.16. The Bertz CT molecular complexity index is 453. The van der Waals surface area contributed by atoms with E-state index in [1.54, 1.807) is 16.8 Å². The largest absolute Gasteiger partial charge is 0.492 e. The number of hydrogen-bond acceptors (Lipinski definition) is 5. The number of rotatable bonds is 1. The Hall–Kier alpha value is -1.43. The molecule has 2 aromatic rings. The normalized spacial score (nSPS) is 10.8. The van der Waals surface area contributed by atoms with Crippen LogP contribution in [-0.2, 0) is 0 Å². The zero-order valence-corrected chi connectivity index (χ0v) is 7.75. The zero-order valence-electron chi connectivity index (χ0n) is 6.93. The molecule has 68 valence electrons. The third kappa shape index (κ3) is 1.10. The van der Waals surface area contributed by atoms with Crippen molar-refractivity contribution in [1.29, 1.82) is 0 Å². The lowest BCUT2D eigenvalue weighted by molar-refractivity contribution is 0.459. The van der Waals surface area contributed by atoms with Crippen LogP contribution < -0.4 is 5.73 Å². The molecule has 0 spiro atoms. The maximum Gasteiger partial charge on any atom is 0.242 e. The molecule has 13 heavy (non-hydrogen) atoms. The van der Waals surface area contributed by atoms with Crippen LogP contribution in [0.5, 0.6) is 5.88 Å². The summed E-state index contributed by atoms with van der Waals surface area (Å²) in [5, 5.41) is 10.1. The molecule has 0 saturated carbocycles. The van der Waals surface area contributed by atoms with Crippen LogP contribution in [-0.4, -0.2) is 25.7 Å². The minimum atomic E-state index is -0.0741. The van der Waals surface area contributed by atoms with Crippen molar-refractivity contribution in [2.45, 2.75) is 5.16 Å². The molecule has 0 fully saturated rings. The Balaban J connectivity index is 2.87. The van der Waals surface area contributed by atoms with Gasteiger partial charge in [0.1, 0.15) is 0 Å². The summed E-state index contributed by atoms with van der Waals surface area (Å²) in [5.41, 5.74) is 6.05. The first-order valence-corrected chi connectivity index (χ1v) is 4.82. The molecular formula is C7H8N4OS. The van der Waals surface area contributed by atoms with Gasteiger partial charge >= 0.3 is 0 Å². The van der Waals surface area contributed by atoms with E-state index in [0.717, 1.165) is 0 Å². The summed E-state index contributed by atoms with van der Waals surface area (Å²) in [5.74, 6) is 0.211. The van der Waals surface area contributed by atoms with Gasteiger partial charge in [-0.15, -0.1) is 0 Å². The molecule has 0 aliphatic rings. The fourth-order valence-corrected chi connectivity index (χ4v) is 1.69. The van der Waals surface area contributed by atoms with Crippen molar-refractivity contribution < 1.29 is 5.11 Å². The van der Waals surface area contributed by atoms with E-state index in [2.05, 4.69) is 9.97 Å². The summed E-state index contributed by atoms with van der Waals surface area (Å²) in [7, 11) is 0. The molecule has 6 heteroatoms. The number of imidazole rings is 1. The van der Waals surface area contributed by atoms with Crippen molar-refractivity contribution in [3.05, 3.63) is 12.4 Å². The van der Waals surface area contributed by atoms with E-state index in [-0.39, 0.29) is 11.7 Å². The molecule has 0 aromatic carbocycles. The summed E-state index contributed by atoms with van der Waals surface area (Å²) >= 11 is 1.44. The molecule has 0 bridgehead atoms. The Morgan fingerprint density at radius 3 is 3.08 bits per heavy atom. The summed E-state index contributed by atoms with van der Waals surface area (Å²) in [6.45, 7) is 0. The van der Waals surface area contributed by atoms with Gasteiger partial charge < -0.3 is 10.8 Å². The summed E-state index contributed by atoms with van der Waals surface area (Å²) in [4.78, 5) is 7.79. The number of nitrogens with two attached hydrogens (primary N) is 1. The summed E-state index contributed by atoms with van der Waals surface area (Å²) < 4.78 is 1.71. The molecule has 2 aromatic heterocycles. The highest BCUT2D eigenvalue weighted by molar-refractivity contribution is 7.98. The third-order valence-electron chi connectivity index (χ3n) is 1.71. The second kappa shape index (κ2) is 2.81. The van der Waals surface area contributed by atoms with Crippen LogP contribution in [0, 0.1) is 0 Å². The number of nitrogen functional groups attached to an aromatic ring is 1. The zero-order chi connectivity index (χ0) is 9.42. The average Bonchev–Trinajstić information content (AvgIpc) is 2.44. The lowest BCUT2D eigenvalue weighted by atomic mass is 10.5. The molecule has 0 atom stereocenters. The van der Waals surface area contributed by atoms with Gasteiger partial charge in [0, 0.05) is 12.4 Å². The van der Waals surface area contributed by atoms with E-state index in [0.29, 0.717) is 10.7 Å². The smallest absolute Gasteiger partial charge is 0.242 e. The number of nitrogens with zero attached hydrogens (tertiary/aromatic N) is 3. The van der Waals surface area contributed by atoms with Crippen molar-refractivity contribution in [2.75, 3.05) is 12.0 Å². The molecule has 3 N–H and O–H groups in total. The van der Waals surface area contributed by atoms with Crippen molar-refractivity contribution in [3.8, 4) is 5.88 Å². The second-order valence-corrected chi connectivity index (χ2v) is 3.23. The van der Waals surface area contributed by atoms with Crippen LogP contribution >= 0.6 is 11.8 Å². The Morgan fingerprint density at radius 2 is 2.38 bits per heavy atom. The highest BCUT2D eigenvalue weighted by Crippen LogP contribution is 2.26. The number of fused-ring (bicyclic) bond motifs is 1. The van der Waals surface area contributed by atoms with Crippen molar-refractivity contribution in [3.63, 3.8) is 0 Å². The van der Waals surface area contributed by atoms with Gasteiger partial charge in [-0.1, -0.05) is 11.8 Å². The molecule has 0 aliphatic carbocycles. The van der Waals surface area contributed by atoms with Gasteiger partial charge in [0.05, 0.1) is 0 Å². The molecule has 0 aliphatic heterocycles. The first-order chi connectivity index (χ1) is 6.24. The van der Waals surface area contributed by atoms with Crippen LogP contribution in [0.25, 0.3) is 5.52 Å². The maximum atomic E-state index is 9.44. The molecule has 5 nitrogen and oxygen atoms in total. The van der Waals surface area contributed by atoms with Crippen LogP contribution in [0.1, 0.15) is 0 Å². The predicted molar refractivity (Wildman–Crippen MR) is 50.8 cm³/mol. The number of aromatic hydroxyl groups is 1. The third-order valence-corrected chi connectivity index (χ3v) is 2.37. The van der Waals surface area contributed by atoms with E-state index < -0.39 is 0 Å². The van der Waals surface area contributed by atoms with Crippen LogP contribution in [0.4, 0.5) is 5.82 Å². The Morgan fingerprint density at radius 1 is 1.62 bits per heavy atom. The van der Waals surface area contributed by atoms with E-state index in [1.165, 1.54) is 11.8 Å². The number of anilines is 1. The second-order valence-electron chi connectivity index (χ2n) is 2.45. The number of aromatic nitrogens is 3. The van der Waals surface area contributed by atoms with Crippen molar-refractivity contribution in [1.82, 2.24) is 14.4 Å². The van der Waals surface area contributed by atoms with Gasteiger partial charge in [-0.25, -0.2) is 4.98 Å². The molecule has 0 amide bonds. The van der Waals surface area contributed by atoms with Gasteiger partial charge in [0.2, 0.25) is 5.88 Å². The van der Waals surface area contributed by atoms with E-state index in [1.807, 2.05) is 6.26 Å². The minimum absolute atomic E-state index is 0.0741. The Kier molecular flexibility index (Phi) is 1.77. The maximum absolute atomic E-state index is 9.44. The van der Waals surface area contributed by atoms with E-state index in [9.17, 15) is 5.11 Å². The van der Waals surface area contributed by atoms with Gasteiger partial charge in [-0.05, 0) is 6.26 Å². The SMILES string of the molecule is CSc1nc(O)c2c(N)nccn12. The Labute approximate surface area is 78.6 Å². The van der Waals surface area contributed by atoms with Crippen molar-refractivity contribution in [2.24, 2.45) is 0 Å². The molecule has 0 saturated heterocycles. The average molecular weight is 196 g/mol. The highest BCUT2D eigenvalue weighted by atomic mass is 32.2. The topological polar surface area (TPSA) is 76.4 Å². The first kappa shape index (κ1) is 8.18. The fraction of sp³-hybridized carbons (Fsp3) is 0.143. The standard InChI is InChI=1S/C7H8N4OS/c1-13-7-10-6(12)4-5(8)9-2-3-11(4)7/h2-3,12H,1H3,(H2,8,9). The quantitative estimate of drug-likeness (QED) is 0.658.